The largest absolute Gasteiger partial charge is 0.344 e. The van der Waals surface area contributed by atoms with Crippen molar-refractivity contribution in [2.75, 3.05) is 20.6 Å². The number of hydrogen-bond donors (Lipinski definition) is 1. The molecule has 0 aromatic carbocycles. The summed E-state index contributed by atoms with van der Waals surface area (Å²) in [6.45, 7) is 0.651. The van der Waals surface area contributed by atoms with Crippen molar-refractivity contribution in [2.24, 2.45) is 0 Å². The number of H-pyrrole nitrogens is 1. The van der Waals surface area contributed by atoms with Gasteiger partial charge in [0.2, 0.25) is 0 Å². The van der Waals surface area contributed by atoms with Crippen LogP contribution >= 0.6 is 11.3 Å². The Kier molecular flexibility index (Phi) is 4.44. The van der Waals surface area contributed by atoms with Crippen molar-refractivity contribution >= 4 is 23.2 Å². The van der Waals surface area contributed by atoms with Crippen LogP contribution in [0.5, 0.6) is 0 Å². The van der Waals surface area contributed by atoms with Gasteiger partial charge in [0.1, 0.15) is 11.9 Å². The minimum atomic E-state index is -0.134. The van der Waals surface area contributed by atoms with E-state index in [1.54, 1.807) is 19.0 Å². The number of tetrazole rings is 1. The molecule has 3 aromatic heterocycles. The quantitative estimate of drug-likeness (QED) is 0.719. The SMILES string of the molecule is CN(C)C(=O)c1ccc([C@@H]2CCCN2C(=O)c2cn[nH]c2-n2cnnn2)s1. The van der Waals surface area contributed by atoms with Gasteiger partial charge in [0.25, 0.3) is 11.8 Å². The summed E-state index contributed by atoms with van der Waals surface area (Å²) in [6.07, 6.45) is 4.66. The van der Waals surface area contributed by atoms with E-state index in [2.05, 4.69) is 25.7 Å². The molecular formula is C16H18N8O2S. The molecule has 0 saturated carbocycles. The van der Waals surface area contributed by atoms with Gasteiger partial charge in [0, 0.05) is 25.5 Å². The van der Waals surface area contributed by atoms with Gasteiger partial charge in [-0.3, -0.25) is 14.7 Å². The average molecular weight is 386 g/mol. The van der Waals surface area contributed by atoms with Crippen molar-refractivity contribution in [1.29, 1.82) is 0 Å². The average Bonchev–Trinajstić information content (AvgIpc) is 3.46. The van der Waals surface area contributed by atoms with Crippen LogP contribution in [0.2, 0.25) is 0 Å². The van der Waals surface area contributed by atoms with Gasteiger partial charge in [-0.1, -0.05) is 0 Å². The van der Waals surface area contributed by atoms with E-state index in [9.17, 15) is 9.59 Å². The fourth-order valence-corrected chi connectivity index (χ4v) is 4.38. The lowest BCUT2D eigenvalue weighted by molar-refractivity contribution is 0.0737. The van der Waals surface area contributed by atoms with Crippen molar-refractivity contribution in [3.63, 3.8) is 0 Å². The third-order valence-corrected chi connectivity index (χ3v) is 5.69. The zero-order valence-corrected chi connectivity index (χ0v) is 15.7. The number of carbonyl (C=O) groups excluding carboxylic acids is 2. The number of likely N-dealkylation sites (tertiary alicyclic amines) is 1. The van der Waals surface area contributed by atoms with Gasteiger partial charge in [-0.25, -0.2) is 0 Å². The molecule has 27 heavy (non-hydrogen) atoms. The Morgan fingerprint density at radius 2 is 2.19 bits per heavy atom. The van der Waals surface area contributed by atoms with E-state index < -0.39 is 0 Å². The number of carbonyl (C=O) groups is 2. The van der Waals surface area contributed by atoms with Crippen LogP contribution in [-0.4, -0.2) is 72.7 Å². The summed E-state index contributed by atoms with van der Waals surface area (Å²) in [4.78, 5) is 30.4. The van der Waals surface area contributed by atoms with Crippen LogP contribution in [0.1, 0.15) is 43.8 Å². The van der Waals surface area contributed by atoms with E-state index in [0.717, 1.165) is 17.7 Å². The van der Waals surface area contributed by atoms with Crippen molar-refractivity contribution in [1.82, 2.24) is 40.2 Å². The molecule has 1 atom stereocenters. The van der Waals surface area contributed by atoms with E-state index in [4.69, 9.17) is 0 Å². The molecular weight excluding hydrogens is 368 g/mol. The van der Waals surface area contributed by atoms with Crippen LogP contribution in [0.4, 0.5) is 0 Å². The molecule has 3 aromatic rings. The Hall–Kier alpha value is -3.08. The fraction of sp³-hybridized carbons (Fsp3) is 0.375. The molecule has 140 valence electrons. The van der Waals surface area contributed by atoms with E-state index in [0.29, 0.717) is 22.8 Å². The molecule has 4 heterocycles. The normalized spacial score (nSPS) is 16.7. The Morgan fingerprint density at radius 1 is 1.33 bits per heavy atom. The van der Waals surface area contributed by atoms with Crippen molar-refractivity contribution in [3.05, 3.63) is 40.0 Å². The summed E-state index contributed by atoms with van der Waals surface area (Å²) in [7, 11) is 3.46. The molecule has 10 nitrogen and oxygen atoms in total. The molecule has 1 saturated heterocycles. The maximum Gasteiger partial charge on any atom is 0.263 e. The number of nitrogens with one attached hydrogen (secondary N) is 1. The van der Waals surface area contributed by atoms with Gasteiger partial charge < -0.3 is 9.80 Å². The first-order valence-corrected chi connectivity index (χ1v) is 9.27. The molecule has 1 fully saturated rings. The molecule has 1 N–H and O–H groups in total. The lowest BCUT2D eigenvalue weighted by Crippen LogP contribution is -2.30. The third kappa shape index (κ3) is 3.10. The summed E-state index contributed by atoms with van der Waals surface area (Å²) >= 11 is 1.44. The van der Waals surface area contributed by atoms with Gasteiger partial charge in [0.15, 0.2) is 5.82 Å². The lowest BCUT2D eigenvalue weighted by Gasteiger charge is -2.23. The number of aromatic amines is 1. The Labute approximate surface area is 158 Å². The van der Waals surface area contributed by atoms with Crippen LogP contribution in [-0.2, 0) is 0 Å². The highest BCUT2D eigenvalue weighted by Gasteiger charge is 2.34. The molecule has 1 aliphatic heterocycles. The van der Waals surface area contributed by atoms with E-state index in [-0.39, 0.29) is 17.9 Å². The van der Waals surface area contributed by atoms with Gasteiger partial charge in [0.05, 0.1) is 17.1 Å². The number of nitrogens with zero attached hydrogens (tertiary/aromatic N) is 7. The molecule has 11 heteroatoms. The van der Waals surface area contributed by atoms with Crippen LogP contribution in [0.25, 0.3) is 5.82 Å². The molecule has 4 rings (SSSR count). The van der Waals surface area contributed by atoms with E-state index in [1.165, 1.54) is 28.5 Å². The Bertz CT molecular complexity index is 961. The Balaban J connectivity index is 1.60. The molecule has 0 radical (unpaired) electrons. The summed E-state index contributed by atoms with van der Waals surface area (Å²) in [5, 5.41) is 17.8. The molecule has 0 aliphatic carbocycles. The number of rotatable bonds is 4. The minimum absolute atomic E-state index is 0.0297. The molecule has 2 amide bonds. The zero-order valence-electron chi connectivity index (χ0n) is 14.9. The summed E-state index contributed by atoms with van der Waals surface area (Å²) in [5.74, 6) is 0.272. The first kappa shape index (κ1) is 17.3. The van der Waals surface area contributed by atoms with Gasteiger partial charge in [-0.2, -0.15) is 9.78 Å². The highest BCUT2D eigenvalue weighted by molar-refractivity contribution is 7.14. The predicted molar refractivity (Wildman–Crippen MR) is 96.6 cm³/mol. The van der Waals surface area contributed by atoms with Gasteiger partial charge in [-0.15, -0.1) is 16.4 Å². The standard InChI is InChI=1S/C16H18N8O2S/c1-22(2)16(26)13-6-5-12(27-13)11-4-3-7-23(11)15(25)10-8-17-19-14(10)24-9-18-20-21-24/h5-6,8-9,11H,3-4,7H2,1-2H3,(H,17,19)/t11-/m0/s1. The molecule has 1 aliphatic rings. The minimum Gasteiger partial charge on any atom is -0.344 e. The van der Waals surface area contributed by atoms with Crippen LogP contribution < -0.4 is 0 Å². The van der Waals surface area contributed by atoms with Crippen molar-refractivity contribution in [2.45, 2.75) is 18.9 Å². The van der Waals surface area contributed by atoms with E-state index in [1.807, 2.05) is 17.0 Å². The first-order valence-electron chi connectivity index (χ1n) is 8.45. The predicted octanol–water partition coefficient (Wildman–Crippen LogP) is 1.13. The Morgan fingerprint density at radius 3 is 2.93 bits per heavy atom. The highest BCUT2D eigenvalue weighted by atomic mass is 32.1. The van der Waals surface area contributed by atoms with Crippen LogP contribution in [0.3, 0.4) is 0 Å². The molecule has 0 spiro atoms. The van der Waals surface area contributed by atoms with Crippen LogP contribution in [0, 0.1) is 0 Å². The third-order valence-electron chi connectivity index (χ3n) is 4.51. The van der Waals surface area contributed by atoms with Crippen molar-refractivity contribution < 1.29 is 9.59 Å². The molecule has 0 unspecified atom stereocenters. The maximum atomic E-state index is 13.2. The smallest absolute Gasteiger partial charge is 0.263 e. The summed E-state index contributed by atoms with van der Waals surface area (Å²) in [6, 6.07) is 3.71. The topological polar surface area (TPSA) is 113 Å². The maximum absolute atomic E-state index is 13.2. The van der Waals surface area contributed by atoms with E-state index >= 15 is 0 Å². The highest BCUT2D eigenvalue weighted by Crippen LogP contribution is 2.37. The van der Waals surface area contributed by atoms with Gasteiger partial charge in [-0.05, 0) is 35.4 Å². The van der Waals surface area contributed by atoms with Crippen molar-refractivity contribution in [3.8, 4) is 5.82 Å². The molecule has 0 bridgehead atoms. The second-order valence-electron chi connectivity index (χ2n) is 6.44. The second kappa shape index (κ2) is 6.91. The summed E-state index contributed by atoms with van der Waals surface area (Å²) < 4.78 is 1.38. The zero-order chi connectivity index (χ0) is 19.0. The number of thiophene rings is 1. The summed E-state index contributed by atoms with van der Waals surface area (Å²) in [5.41, 5.74) is 0.412. The monoisotopic (exact) mass is 386 g/mol. The lowest BCUT2D eigenvalue weighted by atomic mass is 10.1. The number of hydrogen-bond acceptors (Lipinski definition) is 7. The fourth-order valence-electron chi connectivity index (χ4n) is 3.20. The van der Waals surface area contributed by atoms with Gasteiger partial charge >= 0.3 is 0 Å². The first-order chi connectivity index (χ1) is 13.1. The van der Waals surface area contributed by atoms with Crippen LogP contribution in [0.15, 0.2) is 24.7 Å². The second-order valence-corrected chi connectivity index (χ2v) is 7.56. The number of amides is 2. The number of aromatic nitrogens is 6.